The molecule has 9 heteroatoms. The van der Waals surface area contributed by atoms with Gasteiger partial charge >= 0.3 is 0 Å². The summed E-state index contributed by atoms with van der Waals surface area (Å²) in [5.74, 6) is 0.396. The van der Waals surface area contributed by atoms with Crippen molar-refractivity contribution >= 4 is 21.4 Å². The van der Waals surface area contributed by atoms with E-state index >= 15 is 0 Å². The second-order valence-corrected chi connectivity index (χ2v) is 10.0. The predicted molar refractivity (Wildman–Crippen MR) is 119 cm³/mol. The van der Waals surface area contributed by atoms with Crippen molar-refractivity contribution < 1.29 is 17.5 Å². The highest BCUT2D eigenvalue weighted by Gasteiger charge is 2.28. The van der Waals surface area contributed by atoms with Gasteiger partial charge in [-0.2, -0.15) is 4.31 Å². The van der Waals surface area contributed by atoms with Gasteiger partial charge in [0.1, 0.15) is 16.6 Å². The minimum absolute atomic E-state index is 0.127. The highest BCUT2D eigenvalue weighted by molar-refractivity contribution is 7.89. The number of nitrogens with zero attached hydrogens (tertiary/aromatic N) is 3. The van der Waals surface area contributed by atoms with Crippen LogP contribution in [-0.4, -0.2) is 55.4 Å². The summed E-state index contributed by atoms with van der Waals surface area (Å²) in [4.78, 5) is 7.07. The molecule has 31 heavy (non-hydrogen) atoms. The lowest BCUT2D eigenvalue weighted by molar-refractivity contribution is 0.180. The first kappa shape index (κ1) is 21.9. The maximum absolute atomic E-state index is 13.1. The van der Waals surface area contributed by atoms with Gasteiger partial charge in [-0.25, -0.2) is 17.8 Å². The van der Waals surface area contributed by atoms with Crippen LogP contribution in [0.15, 0.2) is 58.8 Å². The molecule has 0 radical (unpaired) electrons. The fraction of sp³-hybridized carbons (Fsp3) is 0.318. The third-order valence-corrected chi connectivity index (χ3v) is 7.99. The van der Waals surface area contributed by atoms with E-state index in [-0.39, 0.29) is 4.90 Å². The van der Waals surface area contributed by atoms with E-state index in [0.717, 1.165) is 22.0 Å². The molecule has 3 aromatic rings. The second-order valence-electron chi connectivity index (χ2n) is 7.24. The molecule has 0 saturated carbocycles. The number of aromatic nitrogens is 1. The molecule has 2 heterocycles. The van der Waals surface area contributed by atoms with E-state index in [0.29, 0.717) is 39.3 Å². The van der Waals surface area contributed by atoms with Crippen molar-refractivity contribution in [3.63, 3.8) is 0 Å². The van der Waals surface area contributed by atoms with Gasteiger partial charge in [0, 0.05) is 43.7 Å². The van der Waals surface area contributed by atoms with Crippen molar-refractivity contribution in [2.75, 3.05) is 32.8 Å². The van der Waals surface area contributed by atoms with Crippen LogP contribution >= 0.6 is 11.3 Å². The number of hydrogen-bond donors (Lipinski definition) is 0. The monoisotopic (exact) mass is 461 g/mol. The maximum atomic E-state index is 13.1. The van der Waals surface area contributed by atoms with Crippen LogP contribution in [0.2, 0.25) is 0 Å². The lowest BCUT2D eigenvalue weighted by Crippen LogP contribution is -2.48. The largest absolute Gasteiger partial charge is 0.494 e. The molecular formula is C22H24FN3O3S2. The van der Waals surface area contributed by atoms with E-state index in [4.69, 9.17) is 9.72 Å². The quantitative estimate of drug-likeness (QED) is 0.535. The minimum Gasteiger partial charge on any atom is -0.494 e. The average molecular weight is 462 g/mol. The Bertz CT molecular complexity index is 1110. The summed E-state index contributed by atoms with van der Waals surface area (Å²) < 4.78 is 45.6. The van der Waals surface area contributed by atoms with Gasteiger partial charge in [-0.1, -0.05) is 0 Å². The van der Waals surface area contributed by atoms with Gasteiger partial charge in [-0.05, 0) is 55.5 Å². The van der Waals surface area contributed by atoms with Gasteiger partial charge in [0.25, 0.3) is 0 Å². The van der Waals surface area contributed by atoms with E-state index in [1.165, 1.54) is 28.6 Å². The third-order valence-electron chi connectivity index (χ3n) is 5.13. The van der Waals surface area contributed by atoms with Crippen molar-refractivity contribution in [3.8, 4) is 16.3 Å². The zero-order valence-corrected chi connectivity index (χ0v) is 18.8. The number of rotatable bonds is 7. The molecule has 4 rings (SSSR count). The number of sulfonamides is 1. The van der Waals surface area contributed by atoms with E-state index in [2.05, 4.69) is 4.90 Å². The Kier molecular flexibility index (Phi) is 6.66. The number of hydrogen-bond acceptors (Lipinski definition) is 6. The first-order valence-electron chi connectivity index (χ1n) is 10.1. The van der Waals surface area contributed by atoms with Crippen LogP contribution in [0.4, 0.5) is 4.39 Å². The molecule has 0 N–H and O–H groups in total. The van der Waals surface area contributed by atoms with Crippen molar-refractivity contribution in [1.29, 1.82) is 0 Å². The molecule has 1 aliphatic heterocycles. The Morgan fingerprint density at radius 2 is 1.71 bits per heavy atom. The lowest BCUT2D eigenvalue weighted by Gasteiger charge is -2.33. The molecule has 2 aromatic carbocycles. The smallest absolute Gasteiger partial charge is 0.243 e. The molecule has 0 unspecified atom stereocenters. The summed E-state index contributed by atoms with van der Waals surface area (Å²) >= 11 is 1.60. The Balaban J connectivity index is 1.34. The molecule has 1 aromatic heterocycles. The molecule has 1 fully saturated rings. The Morgan fingerprint density at radius 3 is 2.35 bits per heavy atom. The van der Waals surface area contributed by atoms with Crippen molar-refractivity contribution in [2.45, 2.75) is 18.4 Å². The second kappa shape index (κ2) is 9.44. The van der Waals surface area contributed by atoms with Crippen LogP contribution in [0.1, 0.15) is 12.6 Å². The van der Waals surface area contributed by atoms with Gasteiger partial charge in [-0.3, -0.25) is 4.90 Å². The van der Waals surface area contributed by atoms with Crippen LogP contribution in [0.25, 0.3) is 10.6 Å². The Labute approximate surface area is 186 Å². The summed E-state index contributed by atoms with van der Waals surface area (Å²) in [6.45, 7) is 5.31. The van der Waals surface area contributed by atoms with Crippen LogP contribution < -0.4 is 4.74 Å². The molecular weight excluding hydrogens is 437 g/mol. The van der Waals surface area contributed by atoms with E-state index in [1.54, 1.807) is 11.3 Å². The Hall–Kier alpha value is -2.33. The Morgan fingerprint density at radius 1 is 1.03 bits per heavy atom. The number of ether oxygens (including phenoxy) is 1. The lowest BCUT2D eigenvalue weighted by atomic mass is 10.2. The molecule has 0 spiro atoms. The van der Waals surface area contributed by atoms with Crippen LogP contribution in [0.3, 0.4) is 0 Å². The third kappa shape index (κ3) is 5.12. The highest BCUT2D eigenvalue weighted by atomic mass is 32.2. The topological polar surface area (TPSA) is 62.7 Å². The van der Waals surface area contributed by atoms with Crippen molar-refractivity contribution in [3.05, 3.63) is 65.4 Å². The van der Waals surface area contributed by atoms with Crippen LogP contribution in [0, 0.1) is 5.82 Å². The summed E-state index contributed by atoms with van der Waals surface area (Å²) in [6.07, 6.45) is 0. The molecule has 1 saturated heterocycles. The van der Waals surface area contributed by atoms with Crippen LogP contribution in [-0.2, 0) is 16.6 Å². The summed E-state index contributed by atoms with van der Waals surface area (Å²) in [6, 6.07) is 12.9. The average Bonchev–Trinajstić information content (AvgIpc) is 3.24. The molecule has 0 bridgehead atoms. The molecule has 0 atom stereocenters. The zero-order chi connectivity index (χ0) is 21.8. The van der Waals surface area contributed by atoms with Gasteiger partial charge in [0.15, 0.2) is 0 Å². The number of thiazole rings is 1. The molecule has 0 aliphatic carbocycles. The van der Waals surface area contributed by atoms with Crippen molar-refractivity contribution in [2.24, 2.45) is 0 Å². The maximum Gasteiger partial charge on any atom is 0.243 e. The molecule has 6 nitrogen and oxygen atoms in total. The summed E-state index contributed by atoms with van der Waals surface area (Å²) in [5, 5.41) is 3.00. The standard InChI is InChI=1S/C22H24FN3O3S2/c1-2-29-20-7-3-17(4-8-20)22-24-19(16-30-22)15-25-11-13-26(14-12-25)31(27,28)21-9-5-18(23)6-10-21/h3-10,16H,2,11-15H2,1H3. The SMILES string of the molecule is CCOc1ccc(-c2nc(CN3CCN(S(=O)(=O)c4ccc(F)cc4)CC3)cs2)cc1. The van der Waals surface area contributed by atoms with Crippen molar-refractivity contribution in [1.82, 2.24) is 14.2 Å². The fourth-order valence-corrected chi connectivity index (χ4v) is 5.72. The number of piperazine rings is 1. The van der Waals surface area contributed by atoms with Gasteiger partial charge in [0.05, 0.1) is 17.2 Å². The summed E-state index contributed by atoms with van der Waals surface area (Å²) in [5.41, 5.74) is 2.03. The fourth-order valence-electron chi connectivity index (χ4n) is 3.49. The van der Waals surface area contributed by atoms with E-state index in [9.17, 15) is 12.8 Å². The normalized spacial score (nSPS) is 15.8. The van der Waals surface area contributed by atoms with Gasteiger partial charge in [0.2, 0.25) is 10.0 Å². The summed E-state index contributed by atoms with van der Waals surface area (Å²) in [7, 11) is -3.60. The predicted octanol–water partition coefficient (Wildman–Crippen LogP) is 3.85. The van der Waals surface area contributed by atoms with E-state index in [1.807, 2.05) is 36.6 Å². The molecule has 1 aliphatic rings. The zero-order valence-electron chi connectivity index (χ0n) is 17.2. The first-order chi connectivity index (χ1) is 15.0. The molecule has 0 amide bonds. The number of benzene rings is 2. The highest BCUT2D eigenvalue weighted by Crippen LogP contribution is 2.27. The van der Waals surface area contributed by atoms with Gasteiger partial charge in [-0.15, -0.1) is 11.3 Å². The first-order valence-corrected chi connectivity index (χ1v) is 12.4. The van der Waals surface area contributed by atoms with Crippen LogP contribution in [0.5, 0.6) is 5.75 Å². The van der Waals surface area contributed by atoms with E-state index < -0.39 is 15.8 Å². The minimum atomic E-state index is -3.60. The molecule has 164 valence electrons. The number of halogens is 1. The van der Waals surface area contributed by atoms with Gasteiger partial charge < -0.3 is 4.74 Å².